The molecule has 0 spiro atoms. The van der Waals surface area contributed by atoms with Crippen molar-refractivity contribution in [2.75, 3.05) is 36.0 Å². The summed E-state index contributed by atoms with van der Waals surface area (Å²) >= 11 is 0. The van der Waals surface area contributed by atoms with Crippen LogP contribution >= 0.6 is 0 Å². The molecule has 1 aliphatic heterocycles. The van der Waals surface area contributed by atoms with Crippen LogP contribution in [-0.4, -0.2) is 41.1 Å². The largest absolute Gasteiger partial charge is 0.365 e. The monoisotopic (exact) mass is 365 g/mol. The SMILES string of the molecule is Fc1nc(F)c(F)c(N2CCCN(c3nc4ccccc4[nH]3)CC2)c1F. The van der Waals surface area contributed by atoms with E-state index in [-0.39, 0.29) is 13.1 Å². The molecule has 0 saturated carbocycles. The molecule has 4 rings (SSSR count). The van der Waals surface area contributed by atoms with Gasteiger partial charge in [0.2, 0.25) is 17.6 Å². The lowest BCUT2D eigenvalue weighted by molar-refractivity contribution is 0.406. The molecule has 3 heterocycles. The van der Waals surface area contributed by atoms with Gasteiger partial charge >= 0.3 is 0 Å². The van der Waals surface area contributed by atoms with Crippen LogP contribution in [0.25, 0.3) is 11.0 Å². The number of para-hydroxylation sites is 2. The van der Waals surface area contributed by atoms with E-state index in [9.17, 15) is 17.6 Å². The first-order valence-corrected chi connectivity index (χ1v) is 8.19. The smallest absolute Gasteiger partial charge is 0.253 e. The predicted molar refractivity (Wildman–Crippen MR) is 89.2 cm³/mol. The normalized spacial score (nSPS) is 15.5. The fourth-order valence-electron chi connectivity index (χ4n) is 3.20. The summed E-state index contributed by atoms with van der Waals surface area (Å²) in [5, 5.41) is 0. The average molecular weight is 365 g/mol. The lowest BCUT2D eigenvalue weighted by Gasteiger charge is -2.24. The number of benzene rings is 1. The maximum atomic E-state index is 14.0. The Hall–Kier alpha value is -2.84. The molecule has 3 aromatic rings. The van der Waals surface area contributed by atoms with Crippen LogP contribution in [0.15, 0.2) is 24.3 Å². The highest BCUT2D eigenvalue weighted by Gasteiger charge is 2.27. The molecule has 9 heteroatoms. The number of pyridine rings is 1. The molecule has 0 unspecified atom stereocenters. The summed E-state index contributed by atoms with van der Waals surface area (Å²) in [4.78, 5) is 13.6. The van der Waals surface area contributed by atoms with E-state index in [4.69, 9.17) is 0 Å². The summed E-state index contributed by atoms with van der Waals surface area (Å²) in [5.74, 6) is -5.57. The van der Waals surface area contributed by atoms with Crippen LogP contribution < -0.4 is 9.80 Å². The van der Waals surface area contributed by atoms with Crippen molar-refractivity contribution in [3.63, 3.8) is 0 Å². The Balaban J connectivity index is 1.59. The molecular formula is C17H15F4N5. The summed E-state index contributed by atoms with van der Waals surface area (Å²) < 4.78 is 54.8. The number of nitrogens with zero attached hydrogens (tertiary/aromatic N) is 4. The van der Waals surface area contributed by atoms with Crippen LogP contribution in [-0.2, 0) is 0 Å². The van der Waals surface area contributed by atoms with Gasteiger partial charge in [0.1, 0.15) is 5.69 Å². The first-order valence-electron chi connectivity index (χ1n) is 8.19. The van der Waals surface area contributed by atoms with Gasteiger partial charge in [0.05, 0.1) is 11.0 Å². The number of aromatic amines is 1. The van der Waals surface area contributed by atoms with Gasteiger partial charge in [-0.05, 0) is 18.6 Å². The predicted octanol–water partition coefficient (Wildman–Crippen LogP) is 3.23. The zero-order valence-electron chi connectivity index (χ0n) is 13.6. The Bertz CT molecular complexity index is 898. The van der Waals surface area contributed by atoms with Gasteiger partial charge in [-0.1, -0.05) is 12.1 Å². The van der Waals surface area contributed by atoms with E-state index in [1.165, 1.54) is 4.90 Å². The minimum atomic E-state index is -1.64. The molecule has 5 nitrogen and oxygen atoms in total. The summed E-state index contributed by atoms with van der Waals surface area (Å²) in [5.41, 5.74) is 0.999. The van der Waals surface area contributed by atoms with E-state index < -0.39 is 29.2 Å². The number of nitrogens with one attached hydrogen (secondary N) is 1. The molecule has 136 valence electrons. The van der Waals surface area contributed by atoms with Crippen molar-refractivity contribution in [1.29, 1.82) is 0 Å². The number of hydrogen-bond donors (Lipinski definition) is 1. The van der Waals surface area contributed by atoms with Crippen LogP contribution in [0, 0.1) is 23.5 Å². The number of fused-ring (bicyclic) bond motifs is 1. The van der Waals surface area contributed by atoms with Crippen LogP contribution in [0.3, 0.4) is 0 Å². The molecule has 1 aliphatic rings. The van der Waals surface area contributed by atoms with Crippen molar-refractivity contribution in [1.82, 2.24) is 15.0 Å². The highest BCUT2D eigenvalue weighted by Crippen LogP contribution is 2.28. The molecule has 0 aliphatic carbocycles. The highest BCUT2D eigenvalue weighted by atomic mass is 19.2. The van der Waals surface area contributed by atoms with Crippen molar-refractivity contribution >= 4 is 22.7 Å². The standard InChI is InChI=1S/C17H15F4N5/c18-12-14(13(19)16(21)24-15(12)20)25-6-3-7-26(9-8-25)17-22-10-4-1-2-5-11(10)23-17/h1-2,4-5H,3,6-9H2,(H,22,23). The summed E-state index contributed by atoms with van der Waals surface area (Å²) in [7, 11) is 0. The summed E-state index contributed by atoms with van der Waals surface area (Å²) in [6, 6.07) is 7.57. The van der Waals surface area contributed by atoms with Gasteiger partial charge in [-0.2, -0.15) is 22.5 Å². The third-order valence-electron chi connectivity index (χ3n) is 4.46. The lowest BCUT2D eigenvalue weighted by Crippen LogP contribution is -2.32. The number of aromatic nitrogens is 3. The second kappa shape index (κ2) is 6.47. The van der Waals surface area contributed by atoms with E-state index in [0.29, 0.717) is 25.5 Å². The van der Waals surface area contributed by atoms with Gasteiger partial charge in [-0.3, -0.25) is 0 Å². The molecule has 1 fully saturated rings. The van der Waals surface area contributed by atoms with E-state index in [1.54, 1.807) is 0 Å². The van der Waals surface area contributed by atoms with Crippen molar-refractivity contribution in [3.05, 3.63) is 47.8 Å². The Morgan fingerprint density at radius 1 is 0.808 bits per heavy atom. The molecule has 1 aromatic carbocycles. The number of imidazole rings is 1. The Morgan fingerprint density at radius 2 is 1.46 bits per heavy atom. The van der Waals surface area contributed by atoms with E-state index in [0.717, 1.165) is 11.0 Å². The molecule has 0 bridgehead atoms. The number of halogens is 4. The van der Waals surface area contributed by atoms with E-state index in [2.05, 4.69) is 15.0 Å². The number of rotatable bonds is 2. The lowest BCUT2D eigenvalue weighted by atomic mass is 10.3. The van der Waals surface area contributed by atoms with Gasteiger partial charge < -0.3 is 14.8 Å². The Kier molecular flexibility index (Phi) is 4.14. The first-order chi connectivity index (χ1) is 12.5. The maximum Gasteiger partial charge on any atom is 0.253 e. The summed E-state index contributed by atoms with van der Waals surface area (Å²) in [6.07, 6.45) is 0.543. The van der Waals surface area contributed by atoms with Gasteiger partial charge in [0.25, 0.3) is 11.9 Å². The molecular weight excluding hydrogens is 350 g/mol. The van der Waals surface area contributed by atoms with Crippen LogP contribution in [0.2, 0.25) is 0 Å². The number of anilines is 2. The highest BCUT2D eigenvalue weighted by molar-refractivity contribution is 5.77. The fraction of sp³-hybridized carbons (Fsp3) is 0.294. The number of H-pyrrole nitrogens is 1. The van der Waals surface area contributed by atoms with Gasteiger partial charge in [-0.25, -0.2) is 4.98 Å². The van der Waals surface area contributed by atoms with Crippen molar-refractivity contribution in [2.45, 2.75) is 6.42 Å². The summed E-state index contributed by atoms with van der Waals surface area (Å²) in [6.45, 7) is 1.43. The van der Waals surface area contributed by atoms with Crippen molar-refractivity contribution < 1.29 is 17.6 Å². The third kappa shape index (κ3) is 2.83. The molecule has 26 heavy (non-hydrogen) atoms. The van der Waals surface area contributed by atoms with Crippen LogP contribution in [0.4, 0.5) is 29.2 Å². The minimum Gasteiger partial charge on any atom is -0.365 e. The van der Waals surface area contributed by atoms with Gasteiger partial charge in [0.15, 0.2) is 0 Å². The van der Waals surface area contributed by atoms with E-state index >= 15 is 0 Å². The quantitative estimate of drug-likeness (QED) is 0.560. The van der Waals surface area contributed by atoms with Crippen LogP contribution in [0.1, 0.15) is 6.42 Å². The molecule has 0 amide bonds. The topological polar surface area (TPSA) is 48.1 Å². The van der Waals surface area contributed by atoms with Gasteiger partial charge in [-0.15, -0.1) is 0 Å². The average Bonchev–Trinajstić information content (AvgIpc) is 2.92. The number of hydrogen-bond acceptors (Lipinski definition) is 4. The fourth-order valence-corrected chi connectivity index (χ4v) is 3.20. The molecule has 0 atom stereocenters. The zero-order valence-corrected chi connectivity index (χ0v) is 13.6. The zero-order chi connectivity index (χ0) is 18.3. The second-order valence-corrected chi connectivity index (χ2v) is 6.08. The molecule has 1 saturated heterocycles. The Labute approximate surface area is 146 Å². The van der Waals surface area contributed by atoms with Crippen molar-refractivity contribution in [3.8, 4) is 0 Å². The van der Waals surface area contributed by atoms with Crippen molar-refractivity contribution in [2.24, 2.45) is 0 Å². The first kappa shape index (κ1) is 16.6. The minimum absolute atomic E-state index is 0.188. The molecule has 0 radical (unpaired) electrons. The molecule has 1 N–H and O–H groups in total. The molecule has 2 aromatic heterocycles. The second-order valence-electron chi connectivity index (χ2n) is 6.08. The third-order valence-corrected chi connectivity index (χ3v) is 4.46. The Morgan fingerprint density at radius 3 is 2.19 bits per heavy atom. The van der Waals surface area contributed by atoms with Crippen LogP contribution in [0.5, 0.6) is 0 Å². The maximum absolute atomic E-state index is 14.0. The van der Waals surface area contributed by atoms with E-state index in [1.807, 2.05) is 29.2 Å². The van der Waals surface area contributed by atoms with Gasteiger partial charge in [0, 0.05) is 26.2 Å².